The van der Waals surface area contributed by atoms with Crippen molar-refractivity contribution in [2.24, 2.45) is 0 Å². The van der Waals surface area contributed by atoms with Gasteiger partial charge in [0.2, 0.25) is 0 Å². The van der Waals surface area contributed by atoms with Gasteiger partial charge in [0.15, 0.2) is 23.0 Å². The first kappa shape index (κ1) is 40.6. The molecule has 0 aromatic heterocycles. The van der Waals surface area contributed by atoms with Gasteiger partial charge in [0.25, 0.3) is 11.8 Å². The first-order chi connectivity index (χ1) is 25.3. The van der Waals surface area contributed by atoms with Gasteiger partial charge < -0.3 is 39.2 Å². The van der Waals surface area contributed by atoms with E-state index >= 15 is 0 Å². The Labute approximate surface area is 306 Å². The van der Waals surface area contributed by atoms with Crippen LogP contribution in [-0.2, 0) is 43.4 Å². The van der Waals surface area contributed by atoms with Crippen LogP contribution in [0.5, 0.6) is 23.0 Å². The Balaban J connectivity index is 1.54. The lowest BCUT2D eigenvalue weighted by Gasteiger charge is -2.30. The molecular formula is C32H34N4O17S. The lowest BCUT2D eigenvalue weighted by atomic mass is 10.0. The third-order valence-electron chi connectivity index (χ3n) is 7.46. The Morgan fingerprint density at radius 1 is 0.741 bits per heavy atom. The van der Waals surface area contributed by atoms with Gasteiger partial charge in [-0.2, -0.15) is 13.5 Å². The van der Waals surface area contributed by atoms with Crippen molar-refractivity contribution in [3.63, 3.8) is 0 Å². The van der Waals surface area contributed by atoms with E-state index < -0.39 is 89.4 Å². The second-order valence-corrected chi connectivity index (χ2v) is 12.7. The highest BCUT2D eigenvalue weighted by Crippen LogP contribution is 2.32. The number of amides is 4. The number of hydrogen-bond acceptors (Lipinski definition) is 16. The minimum Gasteiger partial charge on any atom is -0.457 e. The highest BCUT2D eigenvalue weighted by Gasteiger charge is 2.50. The maximum Gasteiger partial charge on any atom is 0.418 e. The lowest BCUT2D eigenvalue weighted by molar-refractivity contribution is -0.154. The smallest absolute Gasteiger partial charge is 0.418 e. The molecule has 0 aliphatic carbocycles. The van der Waals surface area contributed by atoms with Gasteiger partial charge in [-0.05, 0) is 49.2 Å². The minimum atomic E-state index is -5.06. The predicted octanol–water partition coefficient (Wildman–Crippen LogP) is 0.462. The average Bonchev–Trinajstić information content (AvgIpc) is 3.29. The van der Waals surface area contributed by atoms with Crippen LogP contribution in [-0.4, -0.2) is 108 Å². The Hall–Kier alpha value is -6.13. The van der Waals surface area contributed by atoms with Crippen molar-refractivity contribution in [3.05, 3.63) is 47.5 Å². The highest BCUT2D eigenvalue weighted by molar-refractivity contribution is 7.80. The summed E-state index contributed by atoms with van der Waals surface area (Å²) in [5.74, 6) is -6.34. The summed E-state index contributed by atoms with van der Waals surface area (Å²) in [6.45, 7) is 3.35. The number of carbonyl (C=O) groups is 8. The Morgan fingerprint density at radius 2 is 1.19 bits per heavy atom. The second kappa shape index (κ2) is 17.1. The Bertz CT molecular complexity index is 1890. The fourth-order valence-electron chi connectivity index (χ4n) is 5.34. The number of hydrogen-bond donors (Lipinski definition) is 3. The van der Waals surface area contributed by atoms with Crippen molar-refractivity contribution in [3.8, 4) is 23.0 Å². The molecule has 0 radical (unpaired) electrons. The molecule has 0 unspecified atom stereocenters. The standard InChI is InChI=1S/C32H34N4O17S/c1-16(37)48-25-9-5-20(11-27(25)50-18(3)39)29(41)33-13-23(14-34-30(42)21-6-10-26(49-17(2)38)28(12-21)51-19(4)40)52-31(43)24-8-7-22-15-35(24)32(44)36(22)53-54(45,46)47/h5-6,9-12,22-24H,7-8,13-15H2,1-4H3,(H,33,41)(H,34,42)(H,45,46,47)/t22-,24+/m1/s1. The lowest BCUT2D eigenvalue weighted by Crippen LogP contribution is -2.49. The van der Waals surface area contributed by atoms with Crippen LogP contribution in [0.25, 0.3) is 0 Å². The summed E-state index contributed by atoms with van der Waals surface area (Å²) < 4.78 is 61.7. The van der Waals surface area contributed by atoms with E-state index in [4.69, 9.17) is 28.2 Å². The number of nitrogens with zero attached hydrogens (tertiary/aromatic N) is 2. The molecule has 2 fully saturated rings. The van der Waals surface area contributed by atoms with Gasteiger partial charge in [0.05, 0.1) is 19.1 Å². The summed E-state index contributed by atoms with van der Waals surface area (Å²) in [4.78, 5) is 99.9. The molecule has 4 rings (SSSR count). The predicted molar refractivity (Wildman–Crippen MR) is 176 cm³/mol. The number of rotatable bonds is 14. The summed E-state index contributed by atoms with van der Waals surface area (Å²) in [7, 11) is -5.06. The van der Waals surface area contributed by atoms with Crippen molar-refractivity contribution in [2.45, 2.75) is 58.7 Å². The summed E-state index contributed by atoms with van der Waals surface area (Å²) in [5.41, 5.74) is -0.163. The van der Waals surface area contributed by atoms with Gasteiger partial charge in [-0.1, -0.05) is 0 Å². The van der Waals surface area contributed by atoms with Crippen molar-refractivity contribution in [1.29, 1.82) is 0 Å². The zero-order valence-corrected chi connectivity index (χ0v) is 29.8. The first-order valence-electron chi connectivity index (χ1n) is 15.9. The summed E-state index contributed by atoms with van der Waals surface area (Å²) in [6, 6.07) is 4.08. The van der Waals surface area contributed by atoms with Gasteiger partial charge in [-0.25, -0.2) is 9.59 Å². The quantitative estimate of drug-likeness (QED) is 0.133. The molecule has 2 aliphatic heterocycles. The normalized spacial score (nSPS) is 16.3. The molecule has 2 saturated heterocycles. The highest BCUT2D eigenvalue weighted by atomic mass is 32.3. The third-order valence-corrected chi connectivity index (χ3v) is 7.81. The van der Waals surface area contributed by atoms with E-state index in [1.54, 1.807) is 0 Å². The van der Waals surface area contributed by atoms with E-state index in [1.807, 2.05) is 0 Å². The van der Waals surface area contributed by atoms with Crippen molar-refractivity contribution in [1.82, 2.24) is 20.6 Å². The van der Waals surface area contributed by atoms with Crippen LogP contribution in [0.15, 0.2) is 36.4 Å². The van der Waals surface area contributed by atoms with E-state index in [9.17, 15) is 46.8 Å². The number of piperidine rings is 1. The molecule has 2 aromatic rings. The Morgan fingerprint density at radius 3 is 1.61 bits per heavy atom. The van der Waals surface area contributed by atoms with E-state index in [2.05, 4.69) is 14.9 Å². The number of fused-ring (bicyclic) bond motifs is 2. The Kier molecular flexibility index (Phi) is 12.9. The van der Waals surface area contributed by atoms with Crippen molar-refractivity contribution >= 4 is 58.1 Å². The monoisotopic (exact) mass is 778 g/mol. The van der Waals surface area contributed by atoms with Crippen molar-refractivity contribution in [2.75, 3.05) is 19.6 Å². The number of ether oxygens (including phenoxy) is 5. The van der Waals surface area contributed by atoms with Gasteiger partial charge in [-0.15, -0.1) is 4.28 Å². The van der Waals surface area contributed by atoms with Crippen LogP contribution in [0, 0.1) is 0 Å². The van der Waals surface area contributed by atoms with Crippen LogP contribution >= 0.6 is 0 Å². The number of esters is 5. The molecule has 0 saturated carbocycles. The molecule has 290 valence electrons. The minimum absolute atomic E-state index is 0.00672. The molecule has 0 spiro atoms. The van der Waals surface area contributed by atoms with Crippen LogP contribution in [0.1, 0.15) is 61.3 Å². The first-order valence-corrected chi connectivity index (χ1v) is 17.2. The summed E-state index contributed by atoms with van der Waals surface area (Å²) in [6.07, 6.45) is -1.25. The number of hydroxylamine groups is 2. The van der Waals surface area contributed by atoms with E-state index in [0.29, 0.717) is 5.06 Å². The molecule has 21 nitrogen and oxygen atoms in total. The maximum atomic E-state index is 13.5. The molecular weight excluding hydrogens is 744 g/mol. The molecule has 2 atom stereocenters. The number of benzene rings is 2. The van der Waals surface area contributed by atoms with Gasteiger partial charge >= 0.3 is 46.3 Å². The summed E-state index contributed by atoms with van der Waals surface area (Å²) >= 11 is 0. The largest absolute Gasteiger partial charge is 0.457 e. The van der Waals surface area contributed by atoms with Crippen LogP contribution in [0.2, 0.25) is 0 Å². The fourth-order valence-corrected chi connectivity index (χ4v) is 5.73. The maximum absolute atomic E-state index is 13.5. The second-order valence-electron chi connectivity index (χ2n) is 11.7. The molecule has 2 aromatic carbocycles. The van der Waals surface area contributed by atoms with Gasteiger partial charge in [0, 0.05) is 45.4 Å². The van der Waals surface area contributed by atoms with Crippen LogP contribution in [0.4, 0.5) is 4.79 Å². The van der Waals surface area contributed by atoms with Crippen molar-refractivity contribution < 1.29 is 79.3 Å². The molecule has 4 amide bonds. The SMILES string of the molecule is CC(=O)Oc1ccc(C(=O)NCC(CNC(=O)c2ccc(OC(C)=O)c(OC(C)=O)c2)OC(=O)[C@@H]2CC[C@@H]3CN2C(=O)N3OS(=O)(=O)O)cc1OC(C)=O. The molecule has 3 N–H and O–H groups in total. The van der Waals surface area contributed by atoms with Crippen LogP contribution < -0.4 is 29.6 Å². The van der Waals surface area contributed by atoms with E-state index in [1.165, 1.54) is 24.3 Å². The van der Waals surface area contributed by atoms with Gasteiger partial charge in [0.1, 0.15) is 12.1 Å². The zero-order valence-electron chi connectivity index (χ0n) is 29.0. The summed E-state index contributed by atoms with van der Waals surface area (Å²) in [5, 5.41) is 5.47. The van der Waals surface area contributed by atoms with E-state index in [-0.39, 0.29) is 53.5 Å². The molecule has 54 heavy (non-hydrogen) atoms. The topological polar surface area (TPSA) is 277 Å². The number of nitrogens with one attached hydrogen (secondary N) is 2. The number of urea groups is 1. The fraction of sp³-hybridized carbons (Fsp3) is 0.375. The molecule has 2 aliphatic rings. The van der Waals surface area contributed by atoms with Crippen LogP contribution in [0.3, 0.4) is 0 Å². The third kappa shape index (κ3) is 10.9. The number of carbonyl (C=O) groups excluding carboxylic acids is 8. The van der Waals surface area contributed by atoms with E-state index in [0.717, 1.165) is 44.7 Å². The van der Waals surface area contributed by atoms with Gasteiger partial charge in [-0.3, -0.25) is 33.3 Å². The molecule has 22 heteroatoms. The average molecular weight is 779 g/mol. The zero-order chi connectivity index (χ0) is 39.9. The molecule has 2 heterocycles. The molecule has 2 bridgehead atoms.